The molecule has 1 heterocycles. The monoisotopic (exact) mass is 347 g/mol. The molecule has 0 atom stereocenters. The van der Waals surface area contributed by atoms with Crippen LogP contribution in [0.5, 0.6) is 0 Å². The minimum absolute atomic E-state index is 0.0427. The van der Waals surface area contributed by atoms with Gasteiger partial charge in [0.15, 0.2) is 0 Å². The number of nitrogens with zero attached hydrogens (tertiary/aromatic N) is 2. The van der Waals surface area contributed by atoms with Crippen molar-refractivity contribution < 1.29 is 13.2 Å². The summed E-state index contributed by atoms with van der Waals surface area (Å²) in [6, 6.07) is 0. The molecule has 0 unspecified atom stereocenters. The zero-order chi connectivity index (χ0) is 18.1. The van der Waals surface area contributed by atoms with Crippen LogP contribution in [0.3, 0.4) is 0 Å². The molecule has 7 heteroatoms. The van der Waals surface area contributed by atoms with Crippen LogP contribution < -0.4 is 5.32 Å². The molecule has 23 heavy (non-hydrogen) atoms. The fourth-order valence-corrected chi connectivity index (χ4v) is 4.52. The van der Waals surface area contributed by atoms with Gasteiger partial charge in [-0.15, -0.1) is 0 Å². The van der Waals surface area contributed by atoms with Gasteiger partial charge in [0.05, 0.1) is 0 Å². The molecular formula is C16H33N3O3S. The second kappa shape index (κ2) is 7.07. The van der Waals surface area contributed by atoms with Gasteiger partial charge >= 0.3 is 0 Å². The van der Waals surface area contributed by atoms with Crippen molar-refractivity contribution in [2.75, 3.05) is 27.2 Å². The van der Waals surface area contributed by atoms with E-state index in [4.69, 9.17) is 0 Å². The number of hydrogen-bond acceptors (Lipinski definition) is 3. The molecule has 0 aromatic heterocycles. The van der Waals surface area contributed by atoms with Crippen LogP contribution in [0, 0.1) is 11.3 Å². The van der Waals surface area contributed by atoms with Crippen molar-refractivity contribution in [3.8, 4) is 0 Å². The maximum atomic E-state index is 12.5. The molecule has 1 saturated heterocycles. The summed E-state index contributed by atoms with van der Waals surface area (Å²) in [6.45, 7) is 11.4. The Morgan fingerprint density at radius 2 is 1.61 bits per heavy atom. The van der Waals surface area contributed by atoms with Gasteiger partial charge < -0.3 is 5.32 Å². The van der Waals surface area contributed by atoms with Crippen LogP contribution >= 0.6 is 0 Å². The first-order valence-corrected chi connectivity index (χ1v) is 9.64. The third-order valence-electron chi connectivity index (χ3n) is 4.05. The van der Waals surface area contributed by atoms with Crippen LogP contribution in [0.25, 0.3) is 0 Å². The quantitative estimate of drug-likeness (QED) is 0.825. The highest BCUT2D eigenvalue weighted by Crippen LogP contribution is 2.28. The first-order chi connectivity index (χ1) is 10.2. The molecule has 0 saturated carbocycles. The summed E-state index contributed by atoms with van der Waals surface area (Å²) in [5.41, 5.74) is -0.123. The molecule has 136 valence electrons. The molecular weight excluding hydrogens is 314 g/mol. The van der Waals surface area contributed by atoms with Gasteiger partial charge in [-0.3, -0.25) is 4.79 Å². The number of hydrogen-bond donors (Lipinski definition) is 1. The Bertz CT molecular complexity index is 513. The van der Waals surface area contributed by atoms with E-state index in [9.17, 15) is 13.2 Å². The second-order valence-corrected chi connectivity index (χ2v) is 10.7. The van der Waals surface area contributed by atoms with Gasteiger partial charge in [0.2, 0.25) is 5.91 Å². The van der Waals surface area contributed by atoms with Crippen molar-refractivity contribution in [3.05, 3.63) is 0 Å². The highest BCUT2D eigenvalue weighted by Gasteiger charge is 2.34. The lowest BCUT2D eigenvalue weighted by Gasteiger charge is -2.36. The van der Waals surface area contributed by atoms with Gasteiger partial charge in [-0.2, -0.15) is 17.0 Å². The largest absolute Gasteiger partial charge is 0.351 e. The average Bonchev–Trinajstić information content (AvgIpc) is 2.35. The Hall–Kier alpha value is -0.660. The van der Waals surface area contributed by atoms with Crippen molar-refractivity contribution in [3.63, 3.8) is 0 Å². The van der Waals surface area contributed by atoms with E-state index in [0.29, 0.717) is 25.9 Å². The number of piperidine rings is 1. The molecule has 0 aliphatic carbocycles. The van der Waals surface area contributed by atoms with E-state index >= 15 is 0 Å². The smallest absolute Gasteiger partial charge is 0.281 e. The van der Waals surface area contributed by atoms with Crippen LogP contribution in [0.2, 0.25) is 0 Å². The molecule has 1 aliphatic rings. The summed E-state index contributed by atoms with van der Waals surface area (Å²) in [4.78, 5) is 12.5. The third-order valence-corrected chi connectivity index (χ3v) is 5.99. The van der Waals surface area contributed by atoms with Crippen molar-refractivity contribution in [1.82, 2.24) is 13.9 Å². The lowest BCUT2D eigenvalue weighted by Crippen LogP contribution is -2.51. The zero-order valence-corrected chi connectivity index (χ0v) is 16.5. The molecule has 1 aliphatic heterocycles. The summed E-state index contributed by atoms with van der Waals surface area (Å²) in [6.07, 6.45) is 2.04. The minimum Gasteiger partial charge on any atom is -0.351 e. The fraction of sp³-hybridized carbons (Fsp3) is 0.938. The van der Waals surface area contributed by atoms with Gasteiger partial charge in [-0.1, -0.05) is 20.8 Å². The normalized spacial score (nSPS) is 19.1. The van der Waals surface area contributed by atoms with Crippen LogP contribution in [0.1, 0.15) is 53.9 Å². The van der Waals surface area contributed by atoms with E-state index in [0.717, 1.165) is 6.42 Å². The number of amides is 1. The van der Waals surface area contributed by atoms with Crippen LogP contribution in [-0.4, -0.2) is 55.7 Å². The molecule has 1 rings (SSSR count). The standard InChI is InChI=1S/C16H33N3O3S/c1-15(2,3)12-16(4,5)17-14(20)13-8-10-19(11-9-13)23(21,22)18(6)7/h13H,8-12H2,1-7H3,(H,17,20). The van der Waals surface area contributed by atoms with Crippen LogP contribution in [0.4, 0.5) is 0 Å². The lowest BCUT2D eigenvalue weighted by atomic mass is 9.81. The predicted octanol–water partition coefficient (Wildman–Crippen LogP) is 1.84. The molecule has 1 fully saturated rings. The summed E-state index contributed by atoms with van der Waals surface area (Å²) in [7, 11) is -0.311. The van der Waals surface area contributed by atoms with E-state index in [1.54, 1.807) is 0 Å². The highest BCUT2D eigenvalue weighted by atomic mass is 32.2. The van der Waals surface area contributed by atoms with E-state index in [1.165, 1.54) is 22.7 Å². The summed E-state index contributed by atoms with van der Waals surface area (Å²) < 4.78 is 26.9. The van der Waals surface area contributed by atoms with E-state index in [-0.39, 0.29) is 22.8 Å². The van der Waals surface area contributed by atoms with Crippen LogP contribution in [-0.2, 0) is 15.0 Å². The molecule has 0 aromatic rings. The Kier molecular flexibility index (Phi) is 6.27. The number of carbonyl (C=O) groups is 1. The SMILES string of the molecule is CN(C)S(=O)(=O)N1CCC(C(=O)NC(C)(C)CC(C)(C)C)CC1. The molecule has 0 aromatic carbocycles. The lowest BCUT2D eigenvalue weighted by molar-refractivity contribution is -0.128. The van der Waals surface area contributed by atoms with Crippen molar-refractivity contribution in [1.29, 1.82) is 0 Å². The first-order valence-electron chi connectivity index (χ1n) is 8.24. The first kappa shape index (κ1) is 20.4. The molecule has 0 bridgehead atoms. The average molecular weight is 348 g/mol. The summed E-state index contributed by atoms with van der Waals surface area (Å²) >= 11 is 0. The van der Waals surface area contributed by atoms with Crippen LogP contribution in [0.15, 0.2) is 0 Å². The van der Waals surface area contributed by atoms with E-state index in [1.807, 2.05) is 13.8 Å². The van der Waals surface area contributed by atoms with Crippen molar-refractivity contribution >= 4 is 16.1 Å². The number of rotatable bonds is 5. The van der Waals surface area contributed by atoms with Gasteiger partial charge in [0.25, 0.3) is 10.2 Å². The Balaban J connectivity index is 2.59. The maximum Gasteiger partial charge on any atom is 0.281 e. The predicted molar refractivity (Wildman–Crippen MR) is 93.2 cm³/mol. The summed E-state index contributed by atoms with van der Waals surface area (Å²) in [5, 5.41) is 3.14. The highest BCUT2D eigenvalue weighted by molar-refractivity contribution is 7.86. The maximum absolute atomic E-state index is 12.5. The fourth-order valence-electron chi connectivity index (χ4n) is 3.39. The van der Waals surface area contributed by atoms with Gasteiger partial charge in [0, 0.05) is 38.6 Å². The molecule has 1 amide bonds. The molecule has 1 N–H and O–H groups in total. The van der Waals surface area contributed by atoms with E-state index in [2.05, 4.69) is 26.1 Å². The van der Waals surface area contributed by atoms with E-state index < -0.39 is 10.2 Å². The molecule has 0 radical (unpaired) electrons. The Labute approximate surface area is 141 Å². The minimum atomic E-state index is -3.37. The number of nitrogens with one attached hydrogen (secondary N) is 1. The second-order valence-electron chi connectivity index (χ2n) is 8.57. The third kappa shape index (κ3) is 6.04. The topological polar surface area (TPSA) is 69.7 Å². The summed E-state index contributed by atoms with van der Waals surface area (Å²) in [5.74, 6) is -0.0657. The van der Waals surface area contributed by atoms with Gasteiger partial charge in [-0.05, 0) is 38.5 Å². The Morgan fingerprint density at radius 3 is 2.00 bits per heavy atom. The zero-order valence-electron chi connectivity index (χ0n) is 15.6. The van der Waals surface area contributed by atoms with Gasteiger partial charge in [0.1, 0.15) is 0 Å². The molecule has 0 spiro atoms. The Morgan fingerprint density at radius 1 is 1.13 bits per heavy atom. The van der Waals surface area contributed by atoms with Gasteiger partial charge in [-0.25, -0.2) is 0 Å². The van der Waals surface area contributed by atoms with Crippen molar-refractivity contribution in [2.45, 2.75) is 59.4 Å². The molecule has 6 nitrogen and oxygen atoms in total. The van der Waals surface area contributed by atoms with Crippen molar-refractivity contribution in [2.24, 2.45) is 11.3 Å². The number of carbonyl (C=O) groups excluding carboxylic acids is 1.